The fraction of sp³-hybridized carbons (Fsp3) is 0.652. The van der Waals surface area contributed by atoms with Crippen LogP contribution in [0.4, 0.5) is 0 Å². The molecule has 28 heavy (non-hydrogen) atoms. The Labute approximate surface area is 169 Å². The summed E-state index contributed by atoms with van der Waals surface area (Å²) in [5.74, 6) is 2.19. The normalized spacial score (nSPS) is 18.9. The van der Waals surface area contributed by atoms with E-state index in [2.05, 4.69) is 29.2 Å². The number of aryl methyl sites for hydroxylation is 1. The number of rotatable bonds is 6. The average Bonchev–Trinajstić information content (AvgIpc) is 2.73. The molecule has 2 aliphatic rings. The first-order chi connectivity index (χ1) is 13.6. The van der Waals surface area contributed by atoms with Crippen molar-refractivity contribution < 1.29 is 14.3 Å². The zero-order valence-corrected chi connectivity index (χ0v) is 17.4. The van der Waals surface area contributed by atoms with Gasteiger partial charge in [0.2, 0.25) is 11.8 Å². The lowest BCUT2D eigenvalue weighted by molar-refractivity contribution is -0.141. The van der Waals surface area contributed by atoms with Crippen LogP contribution in [0.1, 0.15) is 51.5 Å². The third-order valence-electron chi connectivity index (χ3n) is 6.29. The van der Waals surface area contributed by atoms with Crippen LogP contribution in [0.3, 0.4) is 0 Å². The molecule has 0 atom stereocenters. The van der Waals surface area contributed by atoms with Crippen LogP contribution in [0, 0.1) is 11.8 Å². The highest BCUT2D eigenvalue weighted by atomic mass is 16.5. The van der Waals surface area contributed by atoms with Crippen molar-refractivity contribution in [3.8, 4) is 5.75 Å². The lowest BCUT2D eigenvalue weighted by Crippen LogP contribution is -2.46. The first kappa shape index (κ1) is 20.7. The van der Waals surface area contributed by atoms with Crippen molar-refractivity contribution in [2.75, 3.05) is 32.8 Å². The lowest BCUT2D eigenvalue weighted by atomic mass is 9.89. The second-order valence-corrected chi connectivity index (χ2v) is 8.16. The molecule has 0 unspecified atom stereocenters. The minimum absolute atomic E-state index is 0.107. The van der Waals surface area contributed by atoms with Gasteiger partial charge in [0.25, 0.3) is 0 Å². The van der Waals surface area contributed by atoms with E-state index in [-0.39, 0.29) is 11.8 Å². The number of carbonyl (C=O) groups is 2. The maximum atomic E-state index is 12.8. The molecule has 154 valence electrons. The van der Waals surface area contributed by atoms with Crippen LogP contribution in [0.25, 0.3) is 0 Å². The van der Waals surface area contributed by atoms with Crippen LogP contribution in [0.5, 0.6) is 5.75 Å². The van der Waals surface area contributed by atoms with Gasteiger partial charge in [-0.05, 0) is 69.1 Å². The number of benzene rings is 1. The van der Waals surface area contributed by atoms with Gasteiger partial charge in [-0.3, -0.25) is 9.59 Å². The molecule has 1 aromatic rings. The molecular formula is C23H34N2O3. The maximum Gasteiger partial charge on any atom is 0.225 e. The van der Waals surface area contributed by atoms with Gasteiger partial charge in [-0.15, -0.1) is 0 Å². The molecular weight excluding hydrogens is 352 g/mol. The largest absolute Gasteiger partial charge is 0.494 e. The highest BCUT2D eigenvalue weighted by Gasteiger charge is 2.31. The van der Waals surface area contributed by atoms with Crippen molar-refractivity contribution in [1.29, 1.82) is 0 Å². The van der Waals surface area contributed by atoms with E-state index in [1.54, 1.807) is 6.92 Å². The third kappa shape index (κ3) is 5.49. The number of ether oxygens (including phenoxy) is 1. The molecule has 3 rings (SSSR count). The fourth-order valence-electron chi connectivity index (χ4n) is 4.43. The van der Waals surface area contributed by atoms with E-state index < -0.39 is 0 Å². The van der Waals surface area contributed by atoms with Crippen LogP contribution in [0.2, 0.25) is 0 Å². The van der Waals surface area contributed by atoms with Crippen LogP contribution in [-0.2, 0) is 16.0 Å². The van der Waals surface area contributed by atoms with Gasteiger partial charge >= 0.3 is 0 Å². The Morgan fingerprint density at radius 2 is 1.57 bits per heavy atom. The number of piperidine rings is 2. The monoisotopic (exact) mass is 386 g/mol. The average molecular weight is 387 g/mol. The van der Waals surface area contributed by atoms with Gasteiger partial charge in [0, 0.05) is 39.0 Å². The van der Waals surface area contributed by atoms with Gasteiger partial charge in [-0.25, -0.2) is 0 Å². The minimum Gasteiger partial charge on any atom is -0.494 e. The number of likely N-dealkylation sites (tertiary alicyclic amines) is 2. The van der Waals surface area contributed by atoms with E-state index in [0.29, 0.717) is 18.4 Å². The van der Waals surface area contributed by atoms with Crippen molar-refractivity contribution in [3.63, 3.8) is 0 Å². The molecule has 2 amide bonds. The number of hydrogen-bond acceptors (Lipinski definition) is 3. The molecule has 2 heterocycles. The van der Waals surface area contributed by atoms with Crippen molar-refractivity contribution in [3.05, 3.63) is 29.8 Å². The standard InChI is InChI=1S/C23H34N2O3/c1-3-28-22-8-6-19(7-9-22)4-5-20-10-14-25(15-11-20)23(27)21-12-16-24(17-13-21)18(2)26/h6-9,20-21H,3-5,10-17H2,1-2H3. The zero-order valence-electron chi connectivity index (χ0n) is 17.4. The lowest BCUT2D eigenvalue weighted by Gasteiger charge is -2.37. The molecule has 0 N–H and O–H groups in total. The van der Waals surface area contributed by atoms with E-state index >= 15 is 0 Å². The summed E-state index contributed by atoms with van der Waals surface area (Å²) in [6.45, 7) is 7.54. The second-order valence-electron chi connectivity index (χ2n) is 8.16. The Balaban J connectivity index is 1.38. The van der Waals surface area contributed by atoms with Gasteiger partial charge in [0.05, 0.1) is 6.61 Å². The van der Waals surface area contributed by atoms with Crippen molar-refractivity contribution in [1.82, 2.24) is 9.80 Å². The van der Waals surface area contributed by atoms with Crippen LogP contribution in [-0.4, -0.2) is 54.4 Å². The van der Waals surface area contributed by atoms with E-state index in [0.717, 1.165) is 64.0 Å². The SMILES string of the molecule is CCOc1ccc(CCC2CCN(C(=O)C3CCN(C(C)=O)CC3)CC2)cc1. The number of carbonyl (C=O) groups excluding carboxylic acids is 2. The summed E-state index contributed by atoms with van der Waals surface area (Å²) in [5.41, 5.74) is 1.36. The fourth-order valence-corrected chi connectivity index (χ4v) is 4.43. The van der Waals surface area contributed by atoms with E-state index in [1.807, 2.05) is 11.8 Å². The Morgan fingerprint density at radius 1 is 0.964 bits per heavy atom. The topological polar surface area (TPSA) is 49.9 Å². The van der Waals surface area contributed by atoms with Gasteiger partial charge in [0.15, 0.2) is 0 Å². The molecule has 0 aliphatic carbocycles. The van der Waals surface area contributed by atoms with E-state index in [9.17, 15) is 9.59 Å². The highest BCUT2D eigenvalue weighted by Crippen LogP contribution is 2.26. The Bertz CT molecular complexity index is 642. The van der Waals surface area contributed by atoms with E-state index in [1.165, 1.54) is 12.0 Å². The summed E-state index contributed by atoms with van der Waals surface area (Å²) in [5, 5.41) is 0. The Morgan fingerprint density at radius 3 is 2.14 bits per heavy atom. The molecule has 0 bridgehead atoms. The molecule has 0 aromatic heterocycles. The number of nitrogens with zero attached hydrogens (tertiary/aromatic N) is 2. The Kier molecular flexibility index (Phi) is 7.35. The van der Waals surface area contributed by atoms with Crippen molar-refractivity contribution >= 4 is 11.8 Å². The Hall–Kier alpha value is -2.04. The first-order valence-electron chi connectivity index (χ1n) is 10.8. The van der Waals surface area contributed by atoms with Gasteiger partial charge in [-0.2, -0.15) is 0 Å². The van der Waals surface area contributed by atoms with Crippen molar-refractivity contribution in [2.45, 2.75) is 52.4 Å². The molecule has 5 nitrogen and oxygen atoms in total. The molecule has 5 heteroatoms. The number of hydrogen-bond donors (Lipinski definition) is 0. The quantitative estimate of drug-likeness (QED) is 0.752. The van der Waals surface area contributed by atoms with Gasteiger partial charge < -0.3 is 14.5 Å². The third-order valence-corrected chi connectivity index (χ3v) is 6.29. The van der Waals surface area contributed by atoms with Crippen LogP contribution < -0.4 is 4.74 Å². The molecule has 0 spiro atoms. The highest BCUT2D eigenvalue weighted by molar-refractivity contribution is 5.79. The smallest absolute Gasteiger partial charge is 0.225 e. The van der Waals surface area contributed by atoms with Crippen LogP contribution >= 0.6 is 0 Å². The summed E-state index contributed by atoms with van der Waals surface area (Å²) in [4.78, 5) is 28.2. The summed E-state index contributed by atoms with van der Waals surface area (Å²) in [6, 6.07) is 8.43. The first-order valence-corrected chi connectivity index (χ1v) is 10.8. The summed E-state index contributed by atoms with van der Waals surface area (Å²) < 4.78 is 5.50. The maximum absolute atomic E-state index is 12.8. The van der Waals surface area contributed by atoms with E-state index in [4.69, 9.17) is 4.74 Å². The predicted molar refractivity (Wildman–Crippen MR) is 110 cm³/mol. The van der Waals surface area contributed by atoms with Crippen LogP contribution in [0.15, 0.2) is 24.3 Å². The molecule has 0 saturated carbocycles. The second kappa shape index (κ2) is 9.94. The molecule has 2 fully saturated rings. The molecule has 0 radical (unpaired) electrons. The molecule has 2 saturated heterocycles. The molecule has 2 aliphatic heterocycles. The van der Waals surface area contributed by atoms with Crippen molar-refractivity contribution in [2.24, 2.45) is 11.8 Å². The molecule has 1 aromatic carbocycles. The summed E-state index contributed by atoms with van der Waals surface area (Å²) in [7, 11) is 0. The predicted octanol–water partition coefficient (Wildman–Crippen LogP) is 3.52. The minimum atomic E-state index is 0.107. The summed E-state index contributed by atoms with van der Waals surface area (Å²) in [6.07, 6.45) is 6.12. The van der Waals surface area contributed by atoms with Gasteiger partial charge in [0.1, 0.15) is 5.75 Å². The van der Waals surface area contributed by atoms with Gasteiger partial charge in [-0.1, -0.05) is 12.1 Å². The number of amides is 2. The summed E-state index contributed by atoms with van der Waals surface area (Å²) >= 11 is 0. The zero-order chi connectivity index (χ0) is 19.9.